The highest BCUT2D eigenvalue weighted by atomic mass is 16.5. The van der Waals surface area contributed by atoms with Crippen molar-refractivity contribution in [1.29, 1.82) is 0 Å². The third kappa shape index (κ3) is 3.89. The molecule has 0 aromatic carbocycles. The van der Waals surface area contributed by atoms with Crippen LogP contribution in [-0.4, -0.2) is 38.4 Å². The summed E-state index contributed by atoms with van der Waals surface area (Å²) in [6.07, 6.45) is 5.38. The zero-order valence-electron chi connectivity index (χ0n) is 15.3. The summed E-state index contributed by atoms with van der Waals surface area (Å²) in [5, 5.41) is 6.63. The SMILES string of the molecule is CC(=O)NCc1cncc(C2CCCN2C(=O)Cc2c(C)noc2C)n1. The molecule has 0 aliphatic carbocycles. The first-order valence-corrected chi connectivity index (χ1v) is 8.72. The molecule has 1 aliphatic heterocycles. The number of hydrogen-bond donors (Lipinski definition) is 1. The van der Waals surface area contributed by atoms with Crippen LogP contribution in [0.2, 0.25) is 0 Å². The summed E-state index contributed by atoms with van der Waals surface area (Å²) >= 11 is 0. The average Bonchev–Trinajstić information content (AvgIpc) is 3.22. The quantitative estimate of drug-likeness (QED) is 0.873. The van der Waals surface area contributed by atoms with Crippen LogP contribution < -0.4 is 5.32 Å². The van der Waals surface area contributed by atoms with E-state index in [1.54, 1.807) is 12.4 Å². The molecule has 0 bridgehead atoms. The average molecular weight is 357 g/mol. The molecule has 1 unspecified atom stereocenters. The Balaban J connectivity index is 1.74. The van der Waals surface area contributed by atoms with Crippen LogP contribution in [0.15, 0.2) is 16.9 Å². The van der Waals surface area contributed by atoms with Gasteiger partial charge in [0.25, 0.3) is 0 Å². The van der Waals surface area contributed by atoms with Gasteiger partial charge in [0.05, 0.1) is 48.5 Å². The largest absolute Gasteiger partial charge is 0.361 e. The fraction of sp³-hybridized carbons (Fsp3) is 0.500. The number of amides is 2. The van der Waals surface area contributed by atoms with E-state index in [4.69, 9.17) is 4.52 Å². The highest BCUT2D eigenvalue weighted by Crippen LogP contribution is 2.31. The third-order valence-electron chi connectivity index (χ3n) is 4.65. The Morgan fingerprint density at radius 1 is 1.35 bits per heavy atom. The molecule has 2 aromatic heterocycles. The maximum Gasteiger partial charge on any atom is 0.227 e. The number of carbonyl (C=O) groups is 2. The predicted octanol–water partition coefficient (Wildman–Crippen LogP) is 1.62. The number of nitrogens with one attached hydrogen (secondary N) is 1. The van der Waals surface area contributed by atoms with Crippen molar-refractivity contribution < 1.29 is 14.1 Å². The van der Waals surface area contributed by atoms with Gasteiger partial charge in [-0.2, -0.15) is 0 Å². The first-order chi connectivity index (χ1) is 12.5. The van der Waals surface area contributed by atoms with Crippen molar-refractivity contribution in [1.82, 2.24) is 25.3 Å². The van der Waals surface area contributed by atoms with E-state index in [0.29, 0.717) is 24.5 Å². The summed E-state index contributed by atoms with van der Waals surface area (Å²) in [7, 11) is 0. The molecule has 0 saturated carbocycles. The lowest BCUT2D eigenvalue weighted by atomic mass is 10.1. The van der Waals surface area contributed by atoms with Crippen LogP contribution in [-0.2, 0) is 22.6 Å². The lowest BCUT2D eigenvalue weighted by molar-refractivity contribution is -0.131. The lowest BCUT2D eigenvalue weighted by Gasteiger charge is -2.24. The predicted molar refractivity (Wildman–Crippen MR) is 92.9 cm³/mol. The molecule has 1 N–H and O–H groups in total. The highest BCUT2D eigenvalue weighted by molar-refractivity contribution is 5.80. The van der Waals surface area contributed by atoms with E-state index in [-0.39, 0.29) is 24.3 Å². The van der Waals surface area contributed by atoms with E-state index in [1.165, 1.54) is 6.92 Å². The minimum atomic E-state index is -0.116. The van der Waals surface area contributed by atoms with E-state index >= 15 is 0 Å². The number of aromatic nitrogens is 3. The fourth-order valence-electron chi connectivity index (χ4n) is 3.26. The number of likely N-dealkylation sites (tertiary alicyclic amines) is 1. The molecule has 2 aromatic rings. The van der Waals surface area contributed by atoms with Crippen LogP contribution in [0.5, 0.6) is 0 Å². The monoisotopic (exact) mass is 357 g/mol. The lowest BCUT2D eigenvalue weighted by Crippen LogP contribution is -2.32. The summed E-state index contributed by atoms with van der Waals surface area (Å²) in [5.74, 6) is 0.606. The van der Waals surface area contributed by atoms with Gasteiger partial charge in [-0.05, 0) is 26.7 Å². The van der Waals surface area contributed by atoms with Gasteiger partial charge < -0.3 is 14.7 Å². The van der Waals surface area contributed by atoms with Crippen molar-refractivity contribution in [3.05, 3.63) is 40.8 Å². The number of rotatable bonds is 5. The third-order valence-corrected chi connectivity index (χ3v) is 4.65. The molecule has 2 amide bonds. The number of nitrogens with zero attached hydrogens (tertiary/aromatic N) is 4. The van der Waals surface area contributed by atoms with Gasteiger partial charge in [0, 0.05) is 19.0 Å². The maximum atomic E-state index is 12.9. The van der Waals surface area contributed by atoms with Gasteiger partial charge in [0.1, 0.15) is 5.76 Å². The normalized spacial score (nSPS) is 16.7. The Morgan fingerprint density at radius 2 is 2.15 bits per heavy atom. The fourth-order valence-corrected chi connectivity index (χ4v) is 3.26. The zero-order chi connectivity index (χ0) is 18.7. The molecule has 1 saturated heterocycles. The van der Waals surface area contributed by atoms with E-state index in [1.807, 2.05) is 18.7 Å². The molecule has 3 heterocycles. The number of hydrogen-bond acceptors (Lipinski definition) is 6. The second-order valence-electron chi connectivity index (χ2n) is 6.57. The van der Waals surface area contributed by atoms with Crippen molar-refractivity contribution in [2.24, 2.45) is 0 Å². The maximum absolute atomic E-state index is 12.9. The van der Waals surface area contributed by atoms with Crippen LogP contribution in [0.3, 0.4) is 0 Å². The molecule has 8 heteroatoms. The van der Waals surface area contributed by atoms with Crippen molar-refractivity contribution in [3.8, 4) is 0 Å². The Labute approximate surface area is 152 Å². The summed E-state index contributed by atoms with van der Waals surface area (Å²) in [6.45, 7) is 6.16. The number of aryl methyl sites for hydroxylation is 2. The summed E-state index contributed by atoms with van der Waals surface area (Å²) < 4.78 is 5.15. The minimum absolute atomic E-state index is 0.0379. The molecule has 1 atom stereocenters. The molecule has 8 nitrogen and oxygen atoms in total. The van der Waals surface area contributed by atoms with Crippen LogP contribution in [0.1, 0.15) is 54.2 Å². The Bertz CT molecular complexity index is 797. The smallest absolute Gasteiger partial charge is 0.227 e. The topological polar surface area (TPSA) is 101 Å². The first kappa shape index (κ1) is 18.0. The number of carbonyl (C=O) groups excluding carboxylic acids is 2. The van der Waals surface area contributed by atoms with E-state index in [0.717, 1.165) is 29.8 Å². The van der Waals surface area contributed by atoms with Gasteiger partial charge in [0.15, 0.2) is 0 Å². The van der Waals surface area contributed by atoms with Crippen LogP contribution >= 0.6 is 0 Å². The molecular formula is C18H23N5O3. The molecule has 1 fully saturated rings. The van der Waals surface area contributed by atoms with Gasteiger partial charge in [-0.1, -0.05) is 5.16 Å². The Hall–Kier alpha value is -2.77. The van der Waals surface area contributed by atoms with Crippen LogP contribution in [0, 0.1) is 13.8 Å². The zero-order valence-corrected chi connectivity index (χ0v) is 15.3. The summed E-state index contributed by atoms with van der Waals surface area (Å²) in [5.41, 5.74) is 3.05. The first-order valence-electron chi connectivity index (χ1n) is 8.72. The van der Waals surface area contributed by atoms with Crippen LogP contribution in [0.25, 0.3) is 0 Å². The Morgan fingerprint density at radius 3 is 2.85 bits per heavy atom. The molecular weight excluding hydrogens is 334 g/mol. The Kier molecular flexibility index (Phi) is 5.29. The van der Waals surface area contributed by atoms with Gasteiger partial charge >= 0.3 is 0 Å². The van der Waals surface area contributed by atoms with Gasteiger partial charge in [0.2, 0.25) is 11.8 Å². The van der Waals surface area contributed by atoms with E-state index in [9.17, 15) is 9.59 Å². The van der Waals surface area contributed by atoms with Crippen molar-refractivity contribution >= 4 is 11.8 Å². The van der Waals surface area contributed by atoms with Crippen molar-refractivity contribution in [2.75, 3.05) is 6.54 Å². The molecule has 26 heavy (non-hydrogen) atoms. The van der Waals surface area contributed by atoms with Crippen molar-refractivity contribution in [3.63, 3.8) is 0 Å². The standard InChI is InChI=1S/C18H23N5O3/c1-11-15(12(2)26-22-11)7-18(25)23-6-4-5-17(23)16-10-19-8-14(21-16)9-20-13(3)24/h8,10,17H,4-7,9H2,1-3H3,(H,20,24). The summed E-state index contributed by atoms with van der Waals surface area (Å²) in [6, 6.07) is -0.0900. The van der Waals surface area contributed by atoms with Crippen LogP contribution in [0.4, 0.5) is 0 Å². The molecule has 1 aliphatic rings. The van der Waals surface area contributed by atoms with E-state index < -0.39 is 0 Å². The second kappa shape index (κ2) is 7.63. The van der Waals surface area contributed by atoms with Gasteiger partial charge in [-0.15, -0.1) is 0 Å². The van der Waals surface area contributed by atoms with Gasteiger partial charge in [-0.25, -0.2) is 0 Å². The molecule has 3 rings (SSSR count). The second-order valence-corrected chi connectivity index (χ2v) is 6.57. The highest BCUT2D eigenvalue weighted by Gasteiger charge is 2.32. The van der Waals surface area contributed by atoms with Gasteiger partial charge in [-0.3, -0.25) is 19.6 Å². The minimum Gasteiger partial charge on any atom is -0.361 e. The molecule has 0 radical (unpaired) electrons. The molecule has 0 spiro atoms. The molecule has 138 valence electrons. The van der Waals surface area contributed by atoms with Crippen molar-refractivity contribution in [2.45, 2.75) is 52.6 Å². The summed E-state index contributed by atoms with van der Waals surface area (Å²) in [4.78, 5) is 34.6. The van der Waals surface area contributed by atoms with E-state index in [2.05, 4.69) is 20.4 Å².